The highest BCUT2D eigenvalue weighted by Crippen LogP contribution is 2.34. The van der Waals surface area contributed by atoms with Crippen molar-refractivity contribution >= 4 is 37.4 Å². The number of hydrogen-bond donors (Lipinski definition) is 0. The summed E-state index contributed by atoms with van der Waals surface area (Å²) in [5.41, 5.74) is 0.855. The monoisotopic (exact) mass is 470 g/mol. The van der Waals surface area contributed by atoms with Gasteiger partial charge < -0.3 is 4.90 Å². The smallest absolute Gasteiger partial charge is 0.253 e. The number of halogens is 1. The van der Waals surface area contributed by atoms with Crippen LogP contribution in [-0.2, 0) is 19.9 Å². The van der Waals surface area contributed by atoms with Crippen LogP contribution in [0.5, 0.6) is 0 Å². The Kier molecular flexibility index (Phi) is 6.57. The molecule has 1 saturated heterocycles. The molecule has 1 fully saturated rings. The van der Waals surface area contributed by atoms with Gasteiger partial charge in [-0.25, -0.2) is 21.1 Å². The Labute approximate surface area is 182 Å². The number of nitrogens with zero attached hydrogens (tertiary/aromatic N) is 2. The molecular formula is C20H23ClN2O5S2. The van der Waals surface area contributed by atoms with E-state index in [9.17, 15) is 21.6 Å². The first-order valence-corrected chi connectivity index (χ1v) is 12.9. The van der Waals surface area contributed by atoms with Crippen molar-refractivity contribution in [2.24, 2.45) is 0 Å². The maximum Gasteiger partial charge on any atom is 0.253 e. The lowest BCUT2D eigenvalue weighted by atomic mass is 10.1. The summed E-state index contributed by atoms with van der Waals surface area (Å²) in [6, 6.07) is 12.5. The summed E-state index contributed by atoms with van der Waals surface area (Å²) < 4.78 is 51.1. The van der Waals surface area contributed by atoms with E-state index in [1.54, 1.807) is 24.3 Å². The molecule has 3 rings (SSSR count). The van der Waals surface area contributed by atoms with Crippen molar-refractivity contribution in [3.8, 4) is 0 Å². The van der Waals surface area contributed by atoms with Crippen molar-refractivity contribution in [3.63, 3.8) is 0 Å². The molecule has 30 heavy (non-hydrogen) atoms. The highest BCUT2D eigenvalue weighted by Gasteiger charge is 2.34. The zero-order chi connectivity index (χ0) is 22.1. The van der Waals surface area contributed by atoms with Crippen molar-refractivity contribution in [2.75, 3.05) is 32.9 Å². The number of rotatable bonds is 4. The molecule has 1 amide bonds. The quantitative estimate of drug-likeness (QED) is 0.684. The summed E-state index contributed by atoms with van der Waals surface area (Å²) >= 11 is 6.21. The number of benzene rings is 2. The van der Waals surface area contributed by atoms with Gasteiger partial charge in [0.1, 0.15) is 0 Å². The van der Waals surface area contributed by atoms with E-state index in [1.165, 1.54) is 43.3 Å². The molecule has 0 spiro atoms. The fraction of sp³-hybridized carbons (Fsp3) is 0.350. The molecule has 2 aromatic rings. The zero-order valence-electron chi connectivity index (χ0n) is 16.7. The Hall–Kier alpha value is -1.94. The maximum atomic E-state index is 12.9. The fourth-order valence-electron chi connectivity index (χ4n) is 3.40. The first-order chi connectivity index (χ1) is 14.0. The third-order valence-electron chi connectivity index (χ3n) is 5.16. The molecular weight excluding hydrogens is 448 g/mol. The average molecular weight is 471 g/mol. The molecule has 2 aromatic carbocycles. The van der Waals surface area contributed by atoms with Gasteiger partial charge in [0.15, 0.2) is 9.84 Å². The SMILES string of the molecule is CN(C)S(=O)(=O)c1ccc(C(=O)N2CCC(c3ccccc3Cl)S(=O)(=O)CC2)cc1. The molecule has 0 aromatic heterocycles. The fourth-order valence-corrected chi connectivity index (χ4v) is 6.45. The second kappa shape index (κ2) is 8.66. The number of hydrogen-bond acceptors (Lipinski definition) is 5. The van der Waals surface area contributed by atoms with Crippen LogP contribution in [0, 0.1) is 0 Å². The van der Waals surface area contributed by atoms with E-state index in [0.29, 0.717) is 16.1 Å². The van der Waals surface area contributed by atoms with E-state index in [0.717, 1.165) is 4.31 Å². The van der Waals surface area contributed by atoms with Gasteiger partial charge in [0.05, 0.1) is 15.9 Å². The van der Waals surface area contributed by atoms with Gasteiger partial charge in [-0.05, 0) is 42.3 Å². The van der Waals surface area contributed by atoms with Gasteiger partial charge in [0.2, 0.25) is 10.0 Å². The molecule has 1 unspecified atom stereocenters. The Morgan fingerprint density at radius 2 is 1.70 bits per heavy atom. The maximum absolute atomic E-state index is 12.9. The molecule has 7 nitrogen and oxygen atoms in total. The van der Waals surface area contributed by atoms with Crippen molar-refractivity contribution in [1.29, 1.82) is 0 Å². The highest BCUT2D eigenvalue weighted by atomic mass is 35.5. The summed E-state index contributed by atoms with van der Waals surface area (Å²) in [7, 11) is -4.21. The van der Waals surface area contributed by atoms with Gasteiger partial charge in [-0.3, -0.25) is 4.79 Å². The van der Waals surface area contributed by atoms with Crippen LogP contribution in [0.2, 0.25) is 5.02 Å². The van der Waals surface area contributed by atoms with Crippen molar-refractivity contribution in [3.05, 3.63) is 64.7 Å². The van der Waals surface area contributed by atoms with Gasteiger partial charge in [-0.15, -0.1) is 0 Å². The Bertz CT molecular complexity index is 1150. The van der Waals surface area contributed by atoms with Crippen molar-refractivity contribution < 1.29 is 21.6 Å². The van der Waals surface area contributed by atoms with Crippen LogP contribution < -0.4 is 0 Å². The third kappa shape index (κ3) is 4.54. The number of carbonyl (C=O) groups is 1. The predicted molar refractivity (Wildman–Crippen MR) is 116 cm³/mol. The van der Waals surface area contributed by atoms with Crippen molar-refractivity contribution in [2.45, 2.75) is 16.6 Å². The normalized spacial score (nSPS) is 19.5. The molecule has 10 heteroatoms. The Morgan fingerprint density at radius 3 is 2.30 bits per heavy atom. The molecule has 0 N–H and O–H groups in total. The molecule has 0 bridgehead atoms. The lowest BCUT2D eigenvalue weighted by Gasteiger charge is -2.20. The lowest BCUT2D eigenvalue weighted by Crippen LogP contribution is -2.33. The Morgan fingerprint density at radius 1 is 1.07 bits per heavy atom. The third-order valence-corrected chi connectivity index (χ3v) is 9.44. The zero-order valence-corrected chi connectivity index (χ0v) is 19.0. The predicted octanol–water partition coefficient (Wildman–Crippen LogP) is 2.59. The first kappa shape index (κ1) is 22.7. The van der Waals surface area contributed by atoms with Crippen LogP contribution >= 0.6 is 11.6 Å². The van der Waals surface area contributed by atoms with Gasteiger partial charge in [-0.1, -0.05) is 29.8 Å². The second-order valence-corrected chi connectivity index (χ2v) is 12.1. The molecule has 1 atom stereocenters. The van der Waals surface area contributed by atoms with Crippen LogP contribution in [-0.4, -0.2) is 64.9 Å². The minimum atomic E-state index is -3.59. The molecule has 1 aliphatic heterocycles. The highest BCUT2D eigenvalue weighted by molar-refractivity contribution is 7.91. The minimum absolute atomic E-state index is 0.0693. The number of amides is 1. The molecule has 1 aliphatic rings. The van der Waals surface area contributed by atoms with E-state index in [2.05, 4.69) is 0 Å². The van der Waals surface area contributed by atoms with Gasteiger partial charge in [-0.2, -0.15) is 0 Å². The summed E-state index contributed by atoms with van der Waals surface area (Å²) in [5.74, 6) is -0.499. The first-order valence-electron chi connectivity index (χ1n) is 9.32. The summed E-state index contributed by atoms with van der Waals surface area (Å²) in [4.78, 5) is 14.5. The number of sulfonamides is 1. The van der Waals surface area contributed by atoms with Gasteiger partial charge in [0, 0.05) is 37.8 Å². The summed E-state index contributed by atoms with van der Waals surface area (Å²) in [5, 5.41) is -0.375. The van der Waals surface area contributed by atoms with Gasteiger partial charge in [0.25, 0.3) is 5.91 Å². The second-order valence-electron chi connectivity index (χ2n) is 7.27. The standard InChI is InChI=1S/C20H23ClN2O5S2/c1-22(2)30(27,28)16-9-7-15(8-10-16)20(24)23-12-11-19(29(25,26)14-13-23)17-5-3-4-6-18(17)21/h3-10,19H,11-14H2,1-2H3. The van der Waals surface area contributed by atoms with Crippen LogP contribution in [0.4, 0.5) is 0 Å². The molecule has 1 heterocycles. The number of carbonyl (C=O) groups excluding carboxylic acids is 1. The number of sulfone groups is 1. The van der Waals surface area contributed by atoms with E-state index in [1.807, 2.05) is 0 Å². The molecule has 162 valence electrons. The summed E-state index contributed by atoms with van der Waals surface area (Å²) in [6.45, 7) is 0.325. The summed E-state index contributed by atoms with van der Waals surface area (Å²) in [6.07, 6.45) is 0.241. The lowest BCUT2D eigenvalue weighted by molar-refractivity contribution is 0.0766. The van der Waals surface area contributed by atoms with E-state index in [-0.39, 0.29) is 36.1 Å². The van der Waals surface area contributed by atoms with Crippen LogP contribution in [0.15, 0.2) is 53.4 Å². The molecule has 0 saturated carbocycles. The topological polar surface area (TPSA) is 91.8 Å². The van der Waals surface area contributed by atoms with Crippen LogP contribution in [0.25, 0.3) is 0 Å². The van der Waals surface area contributed by atoms with E-state index >= 15 is 0 Å². The average Bonchev–Trinajstić information content (AvgIpc) is 2.86. The van der Waals surface area contributed by atoms with E-state index < -0.39 is 25.1 Å². The van der Waals surface area contributed by atoms with Gasteiger partial charge >= 0.3 is 0 Å². The molecule has 0 aliphatic carbocycles. The Balaban J connectivity index is 1.81. The van der Waals surface area contributed by atoms with E-state index in [4.69, 9.17) is 11.6 Å². The van der Waals surface area contributed by atoms with Crippen molar-refractivity contribution in [1.82, 2.24) is 9.21 Å². The minimum Gasteiger partial charge on any atom is -0.338 e. The largest absolute Gasteiger partial charge is 0.338 e. The molecule has 0 radical (unpaired) electrons. The van der Waals surface area contributed by atoms with Crippen LogP contribution in [0.3, 0.4) is 0 Å². The van der Waals surface area contributed by atoms with Crippen LogP contribution in [0.1, 0.15) is 27.6 Å².